The summed E-state index contributed by atoms with van der Waals surface area (Å²) in [6.45, 7) is 3.43. The zero-order valence-electron chi connectivity index (χ0n) is 7.97. The van der Waals surface area contributed by atoms with Crippen LogP contribution in [0.1, 0.15) is 13.8 Å². The van der Waals surface area contributed by atoms with Crippen LogP contribution in [0.25, 0.3) is 5.73 Å². The Labute approximate surface area is 114 Å². The summed E-state index contributed by atoms with van der Waals surface area (Å²) in [7, 11) is 0. The average molecular weight is 401 g/mol. The molecule has 5 unspecified atom stereocenters. The van der Waals surface area contributed by atoms with Gasteiger partial charge in [0.25, 0.3) is 0 Å². The third-order valence-electron chi connectivity index (χ3n) is 2.56. The van der Waals surface area contributed by atoms with Gasteiger partial charge in [-0.15, -0.1) is 6.04 Å². The van der Waals surface area contributed by atoms with Crippen LogP contribution in [0.5, 0.6) is 0 Å². The third kappa shape index (κ3) is 3.12. The first kappa shape index (κ1) is 14.3. The van der Waals surface area contributed by atoms with Gasteiger partial charge in [0.15, 0.2) is 0 Å². The van der Waals surface area contributed by atoms with Crippen molar-refractivity contribution in [3.8, 4) is 0 Å². The van der Waals surface area contributed by atoms with Crippen molar-refractivity contribution in [3.05, 3.63) is 5.73 Å². The van der Waals surface area contributed by atoms with Crippen molar-refractivity contribution in [1.29, 1.82) is 0 Å². The zero-order chi connectivity index (χ0) is 9.30. The van der Waals surface area contributed by atoms with Crippen LogP contribution >= 0.6 is 0 Å². The van der Waals surface area contributed by atoms with E-state index in [1.807, 2.05) is 6.92 Å². The number of nitrogens with one attached hydrogen (secondary N) is 1. The fourth-order valence-corrected chi connectivity index (χ4v) is 1.57. The van der Waals surface area contributed by atoms with E-state index >= 15 is 0 Å². The quantitative estimate of drug-likeness (QED) is 0.659. The fourth-order valence-electron chi connectivity index (χ4n) is 1.57. The number of rotatable bonds is 1. The molecule has 4 nitrogen and oxygen atoms in total. The standard InChI is InChI=1S/C8H16NO3.Ac/c1-4-7(9)5(2)12-6(3-10)8(4)11;/h4-11H,3H2,1-2H3;/q-1;. The van der Waals surface area contributed by atoms with Crippen LogP contribution in [0.3, 0.4) is 0 Å². The van der Waals surface area contributed by atoms with E-state index in [-0.39, 0.29) is 62.7 Å². The second-order valence-electron chi connectivity index (χ2n) is 3.44. The van der Waals surface area contributed by atoms with E-state index in [1.54, 1.807) is 6.92 Å². The maximum absolute atomic E-state index is 9.52. The van der Waals surface area contributed by atoms with Crippen molar-refractivity contribution in [1.82, 2.24) is 0 Å². The Balaban J connectivity index is 0.00000144. The summed E-state index contributed by atoms with van der Waals surface area (Å²) in [6, 6.07) is -0.400. The molecule has 5 atom stereocenters. The first-order chi connectivity index (χ1) is 5.57. The second kappa shape index (κ2) is 5.99. The summed E-state index contributed by atoms with van der Waals surface area (Å²) >= 11 is 0. The summed E-state index contributed by atoms with van der Waals surface area (Å²) in [6.07, 6.45) is -1.44. The molecule has 3 N–H and O–H groups in total. The third-order valence-corrected chi connectivity index (χ3v) is 2.56. The molecule has 75 valence electrons. The molecule has 0 saturated carbocycles. The van der Waals surface area contributed by atoms with Gasteiger partial charge in [-0.1, -0.05) is 6.92 Å². The van der Waals surface area contributed by atoms with Crippen molar-refractivity contribution in [3.63, 3.8) is 0 Å². The van der Waals surface area contributed by atoms with Crippen LogP contribution < -0.4 is 0 Å². The molecule has 0 amide bonds. The van der Waals surface area contributed by atoms with E-state index < -0.39 is 18.2 Å². The van der Waals surface area contributed by atoms with Gasteiger partial charge in [-0.2, -0.15) is 0 Å². The zero-order valence-corrected chi connectivity index (χ0v) is 12.7. The molecule has 5 heteroatoms. The monoisotopic (exact) mass is 401 g/mol. The van der Waals surface area contributed by atoms with E-state index in [0.717, 1.165) is 0 Å². The number of hydrogen-bond acceptors (Lipinski definition) is 3. The molecule has 0 aromatic heterocycles. The van der Waals surface area contributed by atoms with Crippen molar-refractivity contribution in [2.45, 2.75) is 38.2 Å². The summed E-state index contributed by atoms with van der Waals surface area (Å²) in [5.41, 5.74) is 7.61. The molecule has 0 bridgehead atoms. The summed E-state index contributed by atoms with van der Waals surface area (Å²) < 4.78 is 5.24. The smallest absolute Gasteiger partial charge is 0.107 e. The Morgan fingerprint density at radius 1 is 1.38 bits per heavy atom. The van der Waals surface area contributed by atoms with E-state index in [4.69, 9.17) is 15.6 Å². The van der Waals surface area contributed by atoms with Gasteiger partial charge < -0.3 is 20.7 Å². The SMILES string of the molecule is CC1OC(CO)C(O)C(C)C1[NH-].[Ac]. The average Bonchev–Trinajstić information content (AvgIpc) is 2.08. The van der Waals surface area contributed by atoms with E-state index in [1.165, 1.54) is 0 Å². The molecular formula is C8H16AcNO3-. The van der Waals surface area contributed by atoms with Gasteiger partial charge in [0.2, 0.25) is 0 Å². The van der Waals surface area contributed by atoms with Crippen LogP contribution in [0.4, 0.5) is 0 Å². The molecule has 1 aliphatic rings. The minimum absolute atomic E-state index is 0. The van der Waals surface area contributed by atoms with Gasteiger partial charge in [0, 0.05) is 50.2 Å². The minimum atomic E-state index is -0.714. The van der Waals surface area contributed by atoms with E-state index in [2.05, 4.69) is 0 Å². The maximum Gasteiger partial charge on any atom is 0.107 e. The van der Waals surface area contributed by atoms with Crippen LogP contribution in [-0.2, 0) is 4.74 Å². The molecule has 1 rings (SSSR count). The Bertz CT molecular complexity index is 154. The first-order valence-corrected chi connectivity index (χ1v) is 4.23. The van der Waals surface area contributed by atoms with Crippen molar-refractivity contribution < 1.29 is 59.0 Å². The van der Waals surface area contributed by atoms with E-state index in [0.29, 0.717) is 0 Å². The molecule has 1 radical (unpaired) electrons. The Kier molecular flexibility index (Phi) is 6.59. The van der Waals surface area contributed by atoms with Crippen LogP contribution in [0.15, 0.2) is 0 Å². The normalized spacial score (nSPS) is 45.5. The van der Waals surface area contributed by atoms with Crippen LogP contribution in [0, 0.1) is 50.0 Å². The molecule has 0 aromatic rings. The molecule has 1 aliphatic heterocycles. The van der Waals surface area contributed by atoms with Gasteiger partial charge in [0.1, 0.15) is 6.10 Å². The molecule has 13 heavy (non-hydrogen) atoms. The number of hydrogen-bond donors (Lipinski definition) is 2. The van der Waals surface area contributed by atoms with Gasteiger partial charge in [-0.3, -0.25) is 0 Å². The Morgan fingerprint density at radius 2 is 1.92 bits per heavy atom. The van der Waals surface area contributed by atoms with Crippen molar-refractivity contribution in [2.75, 3.05) is 6.61 Å². The molecule has 0 aliphatic carbocycles. The summed E-state index contributed by atoms with van der Waals surface area (Å²) in [4.78, 5) is 0. The topological polar surface area (TPSA) is 73.5 Å². The number of aliphatic hydroxyl groups excluding tert-OH is 2. The van der Waals surface area contributed by atoms with Crippen LogP contribution in [-0.4, -0.2) is 41.2 Å². The summed E-state index contributed by atoms with van der Waals surface area (Å²) in [5, 5.41) is 18.4. The predicted molar refractivity (Wildman–Crippen MR) is 44.7 cm³/mol. The first-order valence-electron chi connectivity index (χ1n) is 4.23. The maximum atomic E-state index is 9.52. The Morgan fingerprint density at radius 3 is 2.38 bits per heavy atom. The predicted octanol–water partition coefficient (Wildman–Crippen LogP) is 0.184. The van der Waals surface area contributed by atoms with Crippen LogP contribution in [0.2, 0.25) is 0 Å². The van der Waals surface area contributed by atoms with Gasteiger partial charge >= 0.3 is 0 Å². The van der Waals surface area contributed by atoms with Crippen molar-refractivity contribution >= 4 is 0 Å². The summed E-state index contributed by atoms with van der Waals surface area (Å²) in [5.74, 6) is -0.133. The molecule has 1 saturated heterocycles. The Hall–Kier alpha value is 1.28. The number of ether oxygens (including phenoxy) is 1. The second-order valence-corrected chi connectivity index (χ2v) is 3.44. The molecular weight excluding hydrogens is 385 g/mol. The molecule has 0 aromatic carbocycles. The largest absolute Gasteiger partial charge is 0.672 e. The fraction of sp³-hybridized carbons (Fsp3) is 1.00. The number of aliphatic hydroxyl groups is 2. The van der Waals surface area contributed by atoms with Gasteiger partial charge in [0.05, 0.1) is 12.7 Å². The van der Waals surface area contributed by atoms with E-state index in [9.17, 15) is 5.11 Å². The van der Waals surface area contributed by atoms with Gasteiger partial charge in [-0.25, -0.2) is 0 Å². The minimum Gasteiger partial charge on any atom is -0.672 e. The molecule has 0 spiro atoms. The molecule has 1 heterocycles. The van der Waals surface area contributed by atoms with Gasteiger partial charge in [-0.05, 0) is 12.8 Å². The molecule has 1 fully saturated rings. The van der Waals surface area contributed by atoms with Crippen molar-refractivity contribution in [2.24, 2.45) is 5.92 Å².